The van der Waals surface area contributed by atoms with Gasteiger partial charge in [0.2, 0.25) is 18.1 Å². The van der Waals surface area contributed by atoms with Crippen LogP contribution < -0.4 is 10.5 Å². The molecule has 136 valence electrons. The van der Waals surface area contributed by atoms with Gasteiger partial charge in [0.05, 0.1) is 12.5 Å². The second kappa shape index (κ2) is 7.13. The highest BCUT2D eigenvalue weighted by molar-refractivity contribution is 5.93. The molecule has 0 saturated carbocycles. The van der Waals surface area contributed by atoms with Crippen molar-refractivity contribution in [2.75, 3.05) is 6.54 Å². The minimum Gasteiger partial charge on any atom is -0.463 e. The van der Waals surface area contributed by atoms with Crippen molar-refractivity contribution in [2.45, 2.75) is 25.7 Å². The molecule has 0 aromatic heterocycles. The number of carbonyl (C=O) groups excluding carboxylic acids is 2. The smallest absolute Gasteiger partial charge is 0.248 e. The molecule has 0 aliphatic carbocycles. The summed E-state index contributed by atoms with van der Waals surface area (Å²) in [5.74, 6) is -1.38. The van der Waals surface area contributed by atoms with Crippen molar-refractivity contribution < 1.29 is 23.8 Å². The van der Waals surface area contributed by atoms with Crippen molar-refractivity contribution in [3.63, 3.8) is 0 Å². The highest BCUT2D eigenvalue weighted by Crippen LogP contribution is 2.28. The lowest BCUT2D eigenvalue weighted by Gasteiger charge is -2.25. The van der Waals surface area contributed by atoms with Gasteiger partial charge in [-0.3, -0.25) is 9.59 Å². The van der Waals surface area contributed by atoms with Gasteiger partial charge >= 0.3 is 0 Å². The van der Waals surface area contributed by atoms with Crippen LogP contribution in [-0.4, -0.2) is 34.7 Å². The van der Waals surface area contributed by atoms with Gasteiger partial charge in [-0.15, -0.1) is 0 Å². The van der Waals surface area contributed by atoms with Gasteiger partial charge in [0.25, 0.3) is 0 Å². The molecule has 1 aliphatic rings. The van der Waals surface area contributed by atoms with Crippen LogP contribution in [0.5, 0.6) is 5.75 Å². The molecule has 0 radical (unpaired) electrons. The second-order valence-corrected chi connectivity index (χ2v) is 6.25. The van der Waals surface area contributed by atoms with Crippen molar-refractivity contribution in [3.8, 4) is 5.75 Å². The summed E-state index contributed by atoms with van der Waals surface area (Å²) in [4.78, 5) is 25.6. The Hall–Kier alpha value is -2.93. The normalized spacial score (nSPS) is 17.7. The largest absolute Gasteiger partial charge is 0.463 e. The average molecular weight is 358 g/mol. The molecule has 0 saturated heterocycles. The van der Waals surface area contributed by atoms with Gasteiger partial charge in [-0.05, 0) is 36.8 Å². The van der Waals surface area contributed by atoms with Gasteiger partial charge < -0.3 is 20.5 Å². The first-order valence-electron chi connectivity index (χ1n) is 8.17. The van der Waals surface area contributed by atoms with Crippen LogP contribution in [0.3, 0.4) is 0 Å². The Morgan fingerprint density at radius 2 is 1.96 bits per heavy atom. The Morgan fingerprint density at radius 3 is 2.62 bits per heavy atom. The molecule has 26 heavy (non-hydrogen) atoms. The first-order valence-corrected chi connectivity index (χ1v) is 8.17. The van der Waals surface area contributed by atoms with E-state index in [1.165, 1.54) is 23.1 Å². The standard InChI is InChI=1S/C19H19FN2O4/c1-11(12-4-6-15(20)7-5-12)19(25)22-9-14-3-2-13(18(21)24)8-16(14)26-17(23)10-22/h2-8,11,17,23H,9-10H2,1H3,(H2,21,24). The quantitative estimate of drug-likeness (QED) is 0.874. The molecular weight excluding hydrogens is 339 g/mol. The topological polar surface area (TPSA) is 92.9 Å². The van der Waals surface area contributed by atoms with Crippen LogP contribution in [-0.2, 0) is 11.3 Å². The number of primary amides is 1. The summed E-state index contributed by atoms with van der Waals surface area (Å²) in [6.07, 6.45) is -1.23. The molecule has 2 atom stereocenters. The number of aliphatic hydroxyl groups is 1. The van der Waals surface area contributed by atoms with Gasteiger partial charge in [0, 0.05) is 17.7 Å². The summed E-state index contributed by atoms with van der Waals surface area (Å²) in [7, 11) is 0. The van der Waals surface area contributed by atoms with Gasteiger partial charge in [0.1, 0.15) is 11.6 Å². The van der Waals surface area contributed by atoms with E-state index >= 15 is 0 Å². The number of carbonyl (C=O) groups is 2. The Kier molecular flexibility index (Phi) is 4.90. The number of β-amino-alcohol motifs (C(OH)–C–C–N with tert-alkyl or cyclic N) is 1. The number of aliphatic hydroxyl groups excluding tert-OH is 1. The highest BCUT2D eigenvalue weighted by atomic mass is 19.1. The third kappa shape index (κ3) is 3.67. The molecule has 1 aliphatic heterocycles. The maximum atomic E-state index is 13.1. The molecule has 0 bridgehead atoms. The van der Waals surface area contributed by atoms with Gasteiger partial charge in [-0.25, -0.2) is 4.39 Å². The lowest BCUT2D eigenvalue weighted by Crippen LogP contribution is -2.39. The molecule has 0 spiro atoms. The maximum absolute atomic E-state index is 13.1. The van der Waals surface area contributed by atoms with Crippen LogP contribution in [0.4, 0.5) is 4.39 Å². The Balaban J connectivity index is 1.85. The SMILES string of the molecule is CC(C(=O)N1Cc2ccc(C(N)=O)cc2OC(O)C1)c1ccc(F)cc1. The Bertz CT molecular complexity index is 838. The molecule has 7 heteroatoms. The summed E-state index contributed by atoms with van der Waals surface area (Å²) in [5, 5.41) is 10.1. The Labute approximate surface area is 150 Å². The number of halogens is 1. The van der Waals surface area contributed by atoms with E-state index < -0.39 is 18.1 Å². The molecule has 2 unspecified atom stereocenters. The van der Waals surface area contributed by atoms with Crippen LogP contribution in [0.1, 0.15) is 34.3 Å². The van der Waals surface area contributed by atoms with E-state index in [9.17, 15) is 19.1 Å². The number of rotatable bonds is 3. The number of nitrogens with zero attached hydrogens (tertiary/aromatic N) is 1. The molecule has 2 aromatic carbocycles. The van der Waals surface area contributed by atoms with Crippen LogP contribution >= 0.6 is 0 Å². The molecule has 3 N–H and O–H groups in total. The van der Waals surface area contributed by atoms with Crippen molar-refractivity contribution in [3.05, 3.63) is 65.0 Å². The maximum Gasteiger partial charge on any atom is 0.248 e. The number of benzene rings is 2. The molecule has 1 heterocycles. The van der Waals surface area contributed by atoms with Crippen LogP contribution in [0.2, 0.25) is 0 Å². The minimum atomic E-state index is -1.23. The fourth-order valence-corrected chi connectivity index (χ4v) is 2.93. The van der Waals surface area contributed by atoms with E-state index in [0.29, 0.717) is 16.9 Å². The van der Waals surface area contributed by atoms with E-state index in [4.69, 9.17) is 10.5 Å². The summed E-state index contributed by atoms with van der Waals surface area (Å²) in [6.45, 7) is 1.92. The summed E-state index contributed by atoms with van der Waals surface area (Å²) in [6, 6.07) is 10.4. The monoisotopic (exact) mass is 358 g/mol. The summed E-state index contributed by atoms with van der Waals surface area (Å²) in [5.41, 5.74) is 6.86. The van der Waals surface area contributed by atoms with E-state index in [-0.39, 0.29) is 30.4 Å². The zero-order valence-corrected chi connectivity index (χ0v) is 14.2. The van der Waals surface area contributed by atoms with E-state index in [1.54, 1.807) is 31.2 Å². The minimum absolute atomic E-state index is 0.0229. The predicted molar refractivity (Wildman–Crippen MR) is 91.8 cm³/mol. The lowest BCUT2D eigenvalue weighted by atomic mass is 9.99. The summed E-state index contributed by atoms with van der Waals surface area (Å²) < 4.78 is 18.5. The van der Waals surface area contributed by atoms with Crippen molar-refractivity contribution >= 4 is 11.8 Å². The fraction of sp³-hybridized carbons (Fsp3) is 0.263. The van der Waals surface area contributed by atoms with Gasteiger partial charge in [-0.2, -0.15) is 0 Å². The molecule has 3 rings (SSSR count). The van der Waals surface area contributed by atoms with Crippen molar-refractivity contribution in [1.29, 1.82) is 0 Å². The zero-order valence-electron chi connectivity index (χ0n) is 14.2. The first kappa shape index (κ1) is 17.9. The van der Waals surface area contributed by atoms with Gasteiger partial charge in [-0.1, -0.05) is 18.2 Å². The second-order valence-electron chi connectivity index (χ2n) is 6.25. The number of fused-ring (bicyclic) bond motifs is 1. The molecule has 2 amide bonds. The molecule has 6 nitrogen and oxygen atoms in total. The third-order valence-corrected chi connectivity index (χ3v) is 4.40. The zero-order chi connectivity index (χ0) is 18.8. The van der Waals surface area contributed by atoms with Crippen LogP contribution in [0.15, 0.2) is 42.5 Å². The number of amides is 2. The summed E-state index contributed by atoms with van der Waals surface area (Å²) >= 11 is 0. The van der Waals surface area contributed by atoms with Crippen molar-refractivity contribution in [1.82, 2.24) is 4.90 Å². The van der Waals surface area contributed by atoms with E-state index in [2.05, 4.69) is 0 Å². The fourth-order valence-electron chi connectivity index (χ4n) is 2.93. The number of ether oxygens (including phenoxy) is 1. The number of nitrogens with two attached hydrogens (primary N) is 1. The van der Waals surface area contributed by atoms with E-state index in [0.717, 1.165) is 0 Å². The van der Waals surface area contributed by atoms with Gasteiger partial charge in [0.15, 0.2) is 0 Å². The van der Waals surface area contributed by atoms with Crippen LogP contribution in [0, 0.1) is 5.82 Å². The predicted octanol–water partition coefficient (Wildman–Crippen LogP) is 1.77. The third-order valence-electron chi connectivity index (χ3n) is 4.40. The van der Waals surface area contributed by atoms with Crippen molar-refractivity contribution in [2.24, 2.45) is 5.73 Å². The van der Waals surface area contributed by atoms with E-state index in [1.807, 2.05) is 0 Å². The lowest BCUT2D eigenvalue weighted by molar-refractivity contribution is -0.137. The number of hydrogen-bond acceptors (Lipinski definition) is 4. The molecule has 0 fully saturated rings. The molecule has 2 aromatic rings. The average Bonchev–Trinajstić information content (AvgIpc) is 2.78. The Morgan fingerprint density at radius 1 is 1.27 bits per heavy atom. The van der Waals surface area contributed by atoms with Crippen LogP contribution in [0.25, 0.3) is 0 Å². The number of hydrogen-bond donors (Lipinski definition) is 2. The highest BCUT2D eigenvalue weighted by Gasteiger charge is 2.28. The molecular formula is C19H19FN2O4. The first-order chi connectivity index (χ1) is 12.3.